The quantitative estimate of drug-likeness (QED) is 0.159. The van der Waals surface area contributed by atoms with Crippen LogP contribution >= 0.6 is 0 Å². The predicted molar refractivity (Wildman–Crippen MR) is 246 cm³/mol. The van der Waals surface area contributed by atoms with Crippen molar-refractivity contribution in [2.75, 3.05) is 0 Å². The SMILES string of the molecule is C1=C(c2ccccc2)N=C(c2cccc(-c3ccccc3-c3ccccc3-c3cccc(-c4nc(-c5ccccc5)nc(-c5ccccc5)n4)c3)c2)NC1c1ccccc1. The van der Waals surface area contributed by atoms with E-state index in [0.717, 1.165) is 72.7 Å². The van der Waals surface area contributed by atoms with E-state index < -0.39 is 0 Å². The summed E-state index contributed by atoms with van der Waals surface area (Å²) in [6.07, 6.45) is 2.21. The monoisotopic (exact) mass is 769 g/mol. The standard InChI is InChI=1S/C55H39N5/c1-5-19-38(20-6-1)50-37-51(39-21-7-2-8-22-39)57-54(56-50)44-29-17-27-42(35-44)46-31-13-15-33-48(46)49-34-16-14-32-47(49)43-28-18-30-45(36-43)55-59-52(40-23-9-3-10-24-40)58-53(60-55)41-25-11-4-12-26-41/h1-37,50H,(H,56,57). The van der Waals surface area contributed by atoms with Crippen molar-refractivity contribution >= 4 is 11.5 Å². The van der Waals surface area contributed by atoms with E-state index in [0.29, 0.717) is 17.5 Å². The average Bonchev–Trinajstić information content (AvgIpc) is 3.35. The summed E-state index contributed by atoms with van der Waals surface area (Å²) < 4.78 is 0. The third kappa shape index (κ3) is 7.55. The van der Waals surface area contributed by atoms with Gasteiger partial charge in [-0.3, -0.25) is 0 Å². The minimum atomic E-state index is -0.0279. The Morgan fingerprint density at radius 1 is 0.317 bits per heavy atom. The van der Waals surface area contributed by atoms with E-state index in [1.54, 1.807) is 0 Å². The summed E-state index contributed by atoms with van der Waals surface area (Å²) in [6, 6.07) is 75.6. The van der Waals surface area contributed by atoms with Gasteiger partial charge in [-0.1, -0.05) is 206 Å². The van der Waals surface area contributed by atoms with Gasteiger partial charge in [0, 0.05) is 22.3 Å². The van der Waals surface area contributed by atoms with E-state index in [-0.39, 0.29) is 6.04 Å². The van der Waals surface area contributed by atoms with Crippen LogP contribution in [0.2, 0.25) is 0 Å². The van der Waals surface area contributed by atoms with Crippen LogP contribution in [0.3, 0.4) is 0 Å². The molecule has 1 N–H and O–H groups in total. The lowest BCUT2D eigenvalue weighted by Crippen LogP contribution is -2.31. The van der Waals surface area contributed by atoms with Crippen LogP contribution in [-0.4, -0.2) is 20.8 Å². The molecule has 9 aromatic rings. The third-order valence-electron chi connectivity index (χ3n) is 10.8. The van der Waals surface area contributed by atoms with Gasteiger partial charge in [0.25, 0.3) is 0 Å². The maximum Gasteiger partial charge on any atom is 0.164 e. The zero-order valence-corrected chi connectivity index (χ0v) is 32.7. The van der Waals surface area contributed by atoms with Crippen LogP contribution in [0.4, 0.5) is 0 Å². The van der Waals surface area contributed by atoms with Crippen molar-refractivity contribution in [2.45, 2.75) is 6.04 Å². The van der Waals surface area contributed by atoms with Gasteiger partial charge < -0.3 is 5.32 Å². The van der Waals surface area contributed by atoms with E-state index in [1.807, 2.05) is 66.7 Å². The highest BCUT2D eigenvalue weighted by Crippen LogP contribution is 2.39. The Morgan fingerprint density at radius 2 is 0.700 bits per heavy atom. The molecule has 0 saturated heterocycles. The Labute approximate surface area is 350 Å². The Hall–Kier alpha value is -8.02. The highest BCUT2D eigenvalue weighted by Gasteiger charge is 2.21. The summed E-state index contributed by atoms with van der Waals surface area (Å²) in [7, 11) is 0. The molecular formula is C55H39N5. The first-order valence-electron chi connectivity index (χ1n) is 20.2. The maximum absolute atomic E-state index is 5.20. The molecule has 0 bridgehead atoms. The molecule has 1 unspecified atom stereocenters. The van der Waals surface area contributed by atoms with Crippen molar-refractivity contribution in [1.29, 1.82) is 0 Å². The molecule has 1 aliphatic heterocycles. The maximum atomic E-state index is 5.20. The van der Waals surface area contributed by atoms with E-state index in [1.165, 1.54) is 5.56 Å². The smallest absolute Gasteiger partial charge is 0.164 e. The van der Waals surface area contributed by atoms with E-state index in [4.69, 9.17) is 19.9 Å². The Morgan fingerprint density at radius 3 is 1.23 bits per heavy atom. The lowest BCUT2D eigenvalue weighted by molar-refractivity contribution is 0.781. The van der Waals surface area contributed by atoms with Crippen molar-refractivity contribution in [3.63, 3.8) is 0 Å². The first-order chi connectivity index (χ1) is 29.7. The fourth-order valence-electron chi connectivity index (χ4n) is 7.83. The summed E-state index contributed by atoms with van der Waals surface area (Å²) >= 11 is 0. The molecule has 1 aliphatic rings. The van der Waals surface area contributed by atoms with Crippen molar-refractivity contribution in [2.24, 2.45) is 4.99 Å². The van der Waals surface area contributed by atoms with Crippen LogP contribution in [0, 0.1) is 0 Å². The molecule has 2 heterocycles. The molecule has 60 heavy (non-hydrogen) atoms. The summed E-state index contributed by atoms with van der Waals surface area (Å²) in [5.74, 6) is 2.74. The van der Waals surface area contributed by atoms with Gasteiger partial charge in [0.05, 0.1) is 11.7 Å². The molecule has 1 atom stereocenters. The van der Waals surface area contributed by atoms with Gasteiger partial charge in [-0.15, -0.1) is 0 Å². The molecule has 1 aromatic heterocycles. The van der Waals surface area contributed by atoms with Crippen LogP contribution < -0.4 is 5.32 Å². The first kappa shape index (κ1) is 36.3. The number of benzene rings is 8. The topological polar surface area (TPSA) is 63.1 Å². The number of rotatable bonds is 9. The second kappa shape index (κ2) is 16.5. The minimum absolute atomic E-state index is 0.0279. The lowest BCUT2D eigenvalue weighted by Gasteiger charge is -2.25. The van der Waals surface area contributed by atoms with Crippen molar-refractivity contribution < 1.29 is 0 Å². The summed E-state index contributed by atoms with van der Waals surface area (Å²) in [4.78, 5) is 20.1. The van der Waals surface area contributed by atoms with Crippen molar-refractivity contribution in [3.05, 3.63) is 241 Å². The number of aliphatic imine (C=N–C) groups is 1. The van der Waals surface area contributed by atoms with Crippen molar-refractivity contribution in [1.82, 2.24) is 20.3 Å². The van der Waals surface area contributed by atoms with Crippen LogP contribution in [0.15, 0.2) is 229 Å². The van der Waals surface area contributed by atoms with Crippen LogP contribution in [0.5, 0.6) is 0 Å². The molecule has 0 spiro atoms. The molecule has 5 nitrogen and oxygen atoms in total. The highest BCUT2D eigenvalue weighted by atomic mass is 15.1. The van der Waals surface area contributed by atoms with Crippen LogP contribution in [0.25, 0.3) is 73.2 Å². The second-order valence-electron chi connectivity index (χ2n) is 14.7. The summed E-state index contributed by atoms with van der Waals surface area (Å²) in [5.41, 5.74) is 13.7. The highest BCUT2D eigenvalue weighted by molar-refractivity contribution is 6.04. The Kier molecular flexibility index (Phi) is 9.96. The number of nitrogens with zero attached hydrogens (tertiary/aromatic N) is 4. The van der Waals surface area contributed by atoms with Gasteiger partial charge in [-0.05, 0) is 62.7 Å². The zero-order chi connectivity index (χ0) is 40.1. The van der Waals surface area contributed by atoms with E-state index >= 15 is 0 Å². The van der Waals surface area contributed by atoms with Crippen LogP contribution in [0.1, 0.15) is 22.7 Å². The van der Waals surface area contributed by atoms with Gasteiger partial charge in [0.2, 0.25) is 0 Å². The molecule has 10 rings (SSSR count). The number of amidine groups is 1. The lowest BCUT2D eigenvalue weighted by atomic mass is 9.88. The van der Waals surface area contributed by atoms with Crippen molar-refractivity contribution in [3.8, 4) is 67.5 Å². The fourth-order valence-corrected chi connectivity index (χ4v) is 7.83. The van der Waals surface area contributed by atoms with E-state index in [9.17, 15) is 0 Å². The fraction of sp³-hybridized carbons (Fsp3) is 0.0182. The molecule has 8 aromatic carbocycles. The van der Waals surface area contributed by atoms with Gasteiger partial charge in [-0.25, -0.2) is 19.9 Å². The molecule has 0 saturated carbocycles. The van der Waals surface area contributed by atoms with Crippen LogP contribution in [-0.2, 0) is 0 Å². The molecule has 0 aliphatic carbocycles. The minimum Gasteiger partial charge on any atom is -0.359 e. The van der Waals surface area contributed by atoms with E-state index in [2.05, 4.69) is 163 Å². The zero-order valence-electron chi connectivity index (χ0n) is 32.7. The molecule has 5 heteroatoms. The number of hydrogen-bond donors (Lipinski definition) is 1. The first-order valence-corrected chi connectivity index (χ1v) is 20.2. The van der Waals surface area contributed by atoms with Gasteiger partial charge >= 0.3 is 0 Å². The third-order valence-corrected chi connectivity index (χ3v) is 10.8. The molecular weight excluding hydrogens is 731 g/mol. The summed E-state index contributed by atoms with van der Waals surface area (Å²) in [6.45, 7) is 0. The predicted octanol–water partition coefficient (Wildman–Crippen LogP) is 13.0. The molecule has 0 fully saturated rings. The number of hydrogen-bond acceptors (Lipinski definition) is 5. The summed E-state index contributed by atoms with van der Waals surface area (Å²) in [5, 5.41) is 3.74. The molecule has 0 radical (unpaired) electrons. The van der Waals surface area contributed by atoms with Gasteiger partial charge in [0.1, 0.15) is 5.84 Å². The number of aromatic nitrogens is 3. The normalized spacial score (nSPS) is 13.5. The van der Waals surface area contributed by atoms with Gasteiger partial charge in [-0.2, -0.15) is 0 Å². The average molecular weight is 770 g/mol. The molecule has 284 valence electrons. The van der Waals surface area contributed by atoms with Gasteiger partial charge in [0.15, 0.2) is 17.5 Å². The second-order valence-corrected chi connectivity index (χ2v) is 14.7. The molecule has 0 amide bonds. The Balaban J connectivity index is 1.03. The Bertz CT molecular complexity index is 2940. The number of nitrogens with one attached hydrogen (secondary N) is 1. The largest absolute Gasteiger partial charge is 0.359 e.